The third kappa shape index (κ3) is 3.80. The molecule has 102 valence electrons. The molecule has 2 rings (SSSR count). The van der Waals surface area contributed by atoms with Gasteiger partial charge in [-0.2, -0.15) is 0 Å². The fourth-order valence-electron chi connectivity index (χ4n) is 2.42. The molecule has 4 heteroatoms. The van der Waals surface area contributed by atoms with E-state index >= 15 is 0 Å². The van der Waals surface area contributed by atoms with E-state index in [1.165, 1.54) is 24.3 Å². The van der Waals surface area contributed by atoms with Crippen LogP contribution in [-0.4, -0.2) is 11.9 Å². The molecule has 1 aliphatic rings. The molecule has 0 aliphatic heterocycles. The number of hydrogen-bond acceptors (Lipinski definition) is 1. The van der Waals surface area contributed by atoms with Crippen molar-refractivity contribution >= 4 is 23.6 Å². The Morgan fingerprint density at radius 2 is 2.26 bits per heavy atom. The molecule has 1 N–H and O–H groups in total. The maximum Gasteiger partial charge on any atom is 0.244 e. The second-order valence-corrected chi connectivity index (χ2v) is 5.50. The number of halogens is 2. The lowest BCUT2D eigenvalue weighted by atomic mass is 10.1. The second-order valence-electron chi connectivity index (χ2n) is 5.09. The third-order valence-electron chi connectivity index (χ3n) is 3.44. The highest BCUT2D eigenvalue weighted by Crippen LogP contribution is 2.24. The van der Waals surface area contributed by atoms with Crippen LogP contribution in [0, 0.1) is 11.7 Å². The Bertz CT molecular complexity index is 481. The lowest BCUT2D eigenvalue weighted by Crippen LogP contribution is -2.31. The largest absolute Gasteiger partial charge is 0.350 e. The van der Waals surface area contributed by atoms with Gasteiger partial charge in [-0.05, 0) is 43.4 Å². The van der Waals surface area contributed by atoms with E-state index < -0.39 is 5.82 Å². The van der Waals surface area contributed by atoms with Gasteiger partial charge in [-0.25, -0.2) is 4.39 Å². The Labute approximate surface area is 117 Å². The molecule has 1 aromatic carbocycles. The number of rotatable bonds is 3. The first-order chi connectivity index (χ1) is 9.06. The van der Waals surface area contributed by atoms with Crippen LogP contribution in [0.15, 0.2) is 24.3 Å². The van der Waals surface area contributed by atoms with Gasteiger partial charge in [-0.15, -0.1) is 0 Å². The molecule has 2 atom stereocenters. The van der Waals surface area contributed by atoms with Gasteiger partial charge in [0.15, 0.2) is 0 Å². The van der Waals surface area contributed by atoms with Crippen LogP contribution in [0.3, 0.4) is 0 Å². The molecular formula is C15H17ClFNO. The quantitative estimate of drug-likeness (QED) is 0.839. The van der Waals surface area contributed by atoms with Crippen LogP contribution in [-0.2, 0) is 4.79 Å². The zero-order valence-corrected chi connectivity index (χ0v) is 11.6. The Morgan fingerprint density at radius 1 is 1.47 bits per heavy atom. The highest BCUT2D eigenvalue weighted by atomic mass is 35.5. The van der Waals surface area contributed by atoms with Crippen LogP contribution in [0.5, 0.6) is 0 Å². The summed E-state index contributed by atoms with van der Waals surface area (Å²) in [6.45, 7) is 2.18. The summed E-state index contributed by atoms with van der Waals surface area (Å²) in [6, 6.07) is 4.70. The number of amides is 1. The van der Waals surface area contributed by atoms with E-state index in [2.05, 4.69) is 12.2 Å². The molecule has 2 nitrogen and oxygen atoms in total. The van der Waals surface area contributed by atoms with Crippen molar-refractivity contribution in [2.24, 2.45) is 5.92 Å². The minimum Gasteiger partial charge on any atom is -0.350 e. The third-order valence-corrected chi connectivity index (χ3v) is 3.77. The van der Waals surface area contributed by atoms with E-state index in [0.29, 0.717) is 10.9 Å². The van der Waals surface area contributed by atoms with Gasteiger partial charge >= 0.3 is 0 Å². The van der Waals surface area contributed by atoms with Crippen molar-refractivity contribution in [3.05, 3.63) is 40.7 Å². The Balaban J connectivity index is 1.96. The lowest BCUT2D eigenvalue weighted by molar-refractivity contribution is -0.117. The van der Waals surface area contributed by atoms with Gasteiger partial charge < -0.3 is 5.32 Å². The maximum absolute atomic E-state index is 13.5. The first kappa shape index (κ1) is 14.1. The number of hydrogen-bond donors (Lipinski definition) is 1. The summed E-state index contributed by atoms with van der Waals surface area (Å²) < 4.78 is 13.5. The smallest absolute Gasteiger partial charge is 0.244 e. The molecule has 19 heavy (non-hydrogen) atoms. The van der Waals surface area contributed by atoms with Gasteiger partial charge in [0.25, 0.3) is 0 Å². The van der Waals surface area contributed by atoms with E-state index in [9.17, 15) is 9.18 Å². The van der Waals surface area contributed by atoms with Crippen LogP contribution >= 0.6 is 11.6 Å². The van der Waals surface area contributed by atoms with E-state index in [4.69, 9.17) is 11.6 Å². The topological polar surface area (TPSA) is 29.1 Å². The molecule has 1 aromatic rings. The summed E-state index contributed by atoms with van der Waals surface area (Å²) in [6.07, 6.45) is 5.94. The first-order valence-electron chi connectivity index (χ1n) is 6.49. The normalized spacial score (nSPS) is 22.9. The molecule has 0 radical (unpaired) electrons. The zero-order chi connectivity index (χ0) is 13.8. The van der Waals surface area contributed by atoms with Gasteiger partial charge in [-0.1, -0.05) is 24.6 Å². The Morgan fingerprint density at radius 3 is 2.89 bits per heavy atom. The average molecular weight is 282 g/mol. The SMILES string of the molecule is CC1CCC(NC(=O)/C=C/c2c(F)cccc2Cl)C1. The fraction of sp³-hybridized carbons (Fsp3) is 0.400. The van der Waals surface area contributed by atoms with E-state index in [-0.39, 0.29) is 17.5 Å². The monoisotopic (exact) mass is 281 g/mol. The molecule has 0 saturated heterocycles. The summed E-state index contributed by atoms with van der Waals surface area (Å²) in [5.41, 5.74) is 0.249. The second kappa shape index (κ2) is 6.20. The summed E-state index contributed by atoms with van der Waals surface area (Å²) >= 11 is 5.88. The Kier molecular flexibility index (Phi) is 4.59. The molecule has 1 saturated carbocycles. The number of nitrogens with one attached hydrogen (secondary N) is 1. The van der Waals surface area contributed by atoms with Crippen molar-refractivity contribution in [1.29, 1.82) is 0 Å². The first-order valence-corrected chi connectivity index (χ1v) is 6.86. The van der Waals surface area contributed by atoms with Gasteiger partial charge in [0, 0.05) is 17.7 Å². The summed E-state index contributed by atoms with van der Waals surface area (Å²) in [5, 5.41) is 3.23. The number of carbonyl (C=O) groups is 1. The van der Waals surface area contributed by atoms with Gasteiger partial charge in [-0.3, -0.25) is 4.79 Å². The van der Waals surface area contributed by atoms with Crippen LogP contribution in [0.2, 0.25) is 5.02 Å². The molecule has 1 fully saturated rings. The van der Waals surface area contributed by atoms with Crippen molar-refractivity contribution < 1.29 is 9.18 Å². The molecular weight excluding hydrogens is 265 g/mol. The van der Waals surface area contributed by atoms with Crippen LogP contribution in [0.1, 0.15) is 31.7 Å². The van der Waals surface area contributed by atoms with Crippen LogP contribution in [0.25, 0.3) is 6.08 Å². The lowest BCUT2D eigenvalue weighted by Gasteiger charge is -2.10. The van der Waals surface area contributed by atoms with Crippen molar-refractivity contribution in [2.75, 3.05) is 0 Å². The van der Waals surface area contributed by atoms with Crippen molar-refractivity contribution in [3.63, 3.8) is 0 Å². The predicted octanol–water partition coefficient (Wildman–Crippen LogP) is 3.80. The Hall–Kier alpha value is -1.35. The van der Waals surface area contributed by atoms with Gasteiger partial charge in [0.2, 0.25) is 5.91 Å². The van der Waals surface area contributed by atoms with Gasteiger partial charge in [0.05, 0.1) is 5.02 Å². The maximum atomic E-state index is 13.5. The van der Waals surface area contributed by atoms with Crippen molar-refractivity contribution in [2.45, 2.75) is 32.2 Å². The summed E-state index contributed by atoms with van der Waals surface area (Å²) in [4.78, 5) is 11.7. The molecule has 0 aromatic heterocycles. The van der Waals surface area contributed by atoms with Crippen LogP contribution < -0.4 is 5.32 Å². The van der Waals surface area contributed by atoms with Crippen molar-refractivity contribution in [3.8, 4) is 0 Å². The summed E-state index contributed by atoms with van der Waals surface area (Å²) in [7, 11) is 0. The predicted molar refractivity (Wildman–Crippen MR) is 75.4 cm³/mol. The molecule has 0 bridgehead atoms. The molecule has 1 aliphatic carbocycles. The summed E-state index contributed by atoms with van der Waals surface area (Å²) in [5.74, 6) is 0.0414. The van der Waals surface area contributed by atoms with E-state index in [1.54, 1.807) is 6.07 Å². The van der Waals surface area contributed by atoms with E-state index in [1.807, 2.05) is 0 Å². The minimum atomic E-state index is -0.425. The number of carbonyl (C=O) groups excluding carboxylic acids is 1. The van der Waals surface area contributed by atoms with Gasteiger partial charge in [0.1, 0.15) is 5.82 Å². The fourth-order valence-corrected chi connectivity index (χ4v) is 2.64. The molecule has 2 unspecified atom stereocenters. The number of benzene rings is 1. The molecule has 0 spiro atoms. The molecule has 0 heterocycles. The zero-order valence-electron chi connectivity index (χ0n) is 10.8. The van der Waals surface area contributed by atoms with Crippen molar-refractivity contribution in [1.82, 2.24) is 5.32 Å². The highest BCUT2D eigenvalue weighted by Gasteiger charge is 2.21. The standard InChI is InChI=1S/C15H17ClFNO/c1-10-5-6-11(9-10)18-15(19)8-7-12-13(16)3-2-4-14(12)17/h2-4,7-8,10-11H,5-6,9H2,1H3,(H,18,19)/b8-7+. The average Bonchev–Trinajstić information content (AvgIpc) is 2.74. The highest BCUT2D eigenvalue weighted by molar-refractivity contribution is 6.32. The van der Waals surface area contributed by atoms with E-state index in [0.717, 1.165) is 19.3 Å². The molecule has 1 amide bonds. The minimum absolute atomic E-state index is 0.196. The van der Waals surface area contributed by atoms with Crippen LogP contribution in [0.4, 0.5) is 4.39 Å².